The number of halogens is 2. The number of carbonyl (C=O) groups excluding carboxylic acids is 2. The average molecular weight is 483 g/mol. The van der Waals surface area contributed by atoms with E-state index < -0.39 is 17.6 Å². The molecular formula is C22H20ClFN8O2. The van der Waals surface area contributed by atoms with Gasteiger partial charge in [-0.25, -0.2) is 14.4 Å². The quantitative estimate of drug-likeness (QED) is 0.167. The van der Waals surface area contributed by atoms with E-state index >= 15 is 0 Å². The third-order valence-electron chi connectivity index (χ3n) is 4.78. The maximum Gasteiger partial charge on any atom is 0.270 e. The van der Waals surface area contributed by atoms with Gasteiger partial charge in [0.1, 0.15) is 23.5 Å². The normalized spacial score (nSPS) is 12.0. The highest BCUT2D eigenvalue weighted by Crippen LogP contribution is 2.16. The van der Waals surface area contributed by atoms with Crippen LogP contribution in [0, 0.1) is 11.3 Å². The number of amidine groups is 1. The summed E-state index contributed by atoms with van der Waals surface area (Å²) in [5.74, 6) is -1.47. The third-order valence-corrected chi connectivity index (χ3v) is 5.07. The van der Waals surface area contributed by atoms with Crippen molar-refractivity contribution in [3.63, 3.8) is 0 Å². The van der Waals surface area contributed by atoms with Gasteiger partial charge in [0.15, 0.2) is 5.84 Å². The molecule has 0 unspecified atom stereocenters. The lowest BCUT2D eigenvalue weighted by atomic mass is 10.1. The molecule has 1 aromatic heterocycles. The van der Waals surface area contributed by atoms with E-state index in [0.717, 1.165) is 11.9 Å². The molecule has 3 rings (SSSR count). The average Bonchev–Trinajstić information content (AvgIpc) is 2.84. The van der Waals surface area contributed by atoms with E-state index in [9.17, 15) is 14.0 Å². The lowest BCUT2D eigenvalue weighted by Crippen LogP contribution is -2.29. The van der Waals surface area contributed by atoms with E-state index in [1.807, 2.05) is 0 Å². The lowest BCUT2D eigenvalue weighted by Gasteiger charge is -2.14. The van der Waals surface area contributed by atoms with Crippen molar-refractivity contribution < 1.29 is 14.0 Å². The zero-order valence-electron chi connectivity index (χ0n) is 17.9. The molecule has 1 atom stereocenters. The molecule has 0 fully saturated rings. The summed E-state index contributed by atoms with van der Waals surface area (Å²) in [5, 5.41) is 11.8. The summed E-state index contributed by atoms with van der Waals surface area (Å²) >= 11 is 5.75. The van der Waals surface area contributed by atoms with E-state index in [2.05, 4.69) is 30.9 Å². The van der Waals surface area contributed by atoms with Gasteiger partial charge in [-0.15, -0.1) is 5.10 Å². The third kappa shape index (κ3) is 6.17. The smallest absolute Gasteiger partial charge is 0.270 e. The minimum Gasteiger partial charge on any atom is -0.382 e. The standard InChI is InChI=1S/C22H20ClFN8O2/c1-12(14-3-5-15(6-4-14)20(25)31-32-26)30-22(34)19-9-18(28-11-29-19)21(33)27-10-13-2-7-17(24)16(23)8-13/h2-9,11-12H,10H2,1H3,(H,27,33)(H,30,34)(H3,25,26,31)/t12-/m0/s1. The Kier molecular flexibility index (Phi) is 7.93. The molecule has 174 valence electrons. The van der Waals surface area contributed by atoms with Crippen LogP contribution in [0.1, 0.15) is 50.6 Å². The van der Waals surface area contributed by atoms with Crippen molar-refractivity contribution in [1.29, 1.82) is 5.53 Å². The van der Waals surface area contributed by atoms with Crippen molar-refractivity contribution in [1.82, 2.24) is 20.6 Å². The van der Waals surface area contributed by atoms with Gasteiger partial charge in [-0.05, 0) is 30.2 Å². The van der Waals surface area contributed by atoms with E-state index in [4.69, 9.17) is 22.9 Å². The Balaban J connectivity index is 1.63. The summed E-state index contributed by atoms with van der Waals surface area (Å²) in [4.78, 5) is 33.0. The molecule has 0 radical (unpaired) electrons. The Morgan fingerprint density at radius 3 is 2.44 bits per heavy atom. The fourth-order valence-corrected chi connectivity index (χ4v) is 3.14. The van der Waals surface area contributed by atoms with Crippen LogP contribution >= 0.6 is 11.6 Å². The van der Waals surface area contributed by atoms with Gasteiger partial charge in [0.25, 0.3) is 11.8 Å². The first-order valence-electron chi connectivity index (χ1n) is 9.93. The number of nitrogens with one attached hydrogen (secondary N) is 3. The molecule has 0 aliphatic heterocycles. The Labute approximate surface area is 199 Å². The number of carbonyl (C=O) groups is 2. The molecule has 0 saturated carbocycles. The molecule has 0 aliphatic carbocycles. The van der Waals surface area contributed by atoms with Crippen molar-refractivity contribution in [3.8, 4) is 0 Å². The second-order valence-electron chi connectivity index (χ2n) is 7.12. The second-order valence-corrected chi connectivity index (χ2v) is 7.53. The number of rotatable bonds is 8. The Hall–Kier alpha value is -4.25. The number of amides is 2. The lowest BCUT2D eigenvalue weighted by molar-refractivity contribution is 0.0934. The molecule has 3 aromatic rings. The van der Waals surface area contributed by atoms with Gasteiger partial charge in [-0.1, -0.05) is 47.2 Å². The molecule has 34 heavy (non-hydrogen) atoms. The number of nitrogens with two attached hydrogens (primary N) is 1. The van der Waals surface area contributed by atoms with E-state index in [1.165, 1.54) is 24.3 Å². The first-order chi connectivity index (χ1) is 16.3. The van der Waals surface area contributed by atoms with Crippen LogP contribution in [0.25, 0.3) is 0 Å². The summed E-state index contributed by atoms with van der Waals surface area (Å²) in [6, 6.07) is 11.9. The molecule has 12 heteroatoms. The van der Waals surface area contributed by atoms with Crippen LogP contribution in [-0.4, -0.2) is 27.6 Å². The van der Waals surface area contributed by atoms with Crippen LogP contribution in [0.2, 0.25) is 5.02 Å². The number of hydrogen-bond donors (Lipinski definition) is 4. The zero-order valence-corrected chi connectivity index (χ0v) is 18.7. The summed E-state index contributed by atoms with van der Waals surface area (Å²) in [5.41, 5.74) is 14.4. The fourth-order valence-electron chi connectivity index (χ4n) is 2.94. The Bertz CT molecular complexity index is 1250. The SMILES string of the molecule is C[C@H](NC(=O)c1cc(C(=O)NCc2ccc(F)c(Cl)c2)ncn1)c1ccc(/C(N)=N/N=N)cc1. The Morgan fingerprint density at radius 1 is 1.12 bits per heavy atom. The minimum absolute atomic E-state index is 0.0000604. The first kappa shape index (κ1) is 24.4. The van der Waals surface area contributed by atoms with Crippen molar-refractivity contribution in [2.75, 3.05) is 0 Å². The highest BCUT2D eigenvalue weighted by atomic mass is 35.5. The predicted molar refractivity (Wildman–Crippen MR) is 123 cm³/mol. The first-order valence-corrected chi connectivity index (χ1v) is 10.3. The molecule has 1 heterocycles. The van der Waals surface area contributed by atoms with Crippen molar-refractivity contribution in [3.05, 3.63) is 93.8 Å². The molecule has 0 aliphatic rings. The van der Waals surface area contributed by atoms with Gasteiger partial charge in [0.05, 0.1) is 11.1 Å². The van der Waals surface area contributed by atoms with Crippen LogP contribution in [0.5, 0.6) is 0 Å². The maximum atomic E-state index is 13.3. The van der Waals surface area contributed by atoms with Gasteiger partial charge >= 0.3 is 0 Å². The molecule has 2 aromatic carbocycles. The number of hydrogen-bond acceptors (Lipinski definition) is 6. The summed E-state index contributed by atoms with van der Waals surface area (Å²) in [6.07, 6.45) is 1.12. The maximum absolute atomic E-state index is 13.3. The van der Waals surface area contributed by atoms with Gasteiger partial charge in [0.2, 0.25) is 0 Å². The fraction of sp³-hybridized carbons (Fsp3) is 0.136. The largest absolute Gasteiger partial charge is 0.382 e. The van der Waals surface area contributed by atoms with Gasteiger partial charge in [0, 0.05) is 18.2 Å². The summed E-state index contributed by atoms with van der Waals surface area (Å²) in [7, 11) is 0. The summed E-state index contributed by atoms with van der Waals surface area (Å²) in [6.45, 7) is 1.88. The molecule has 0 saturated heterocycles. The van der Waals surface area contributed by atoms with E-state index in [-0.39, 0.29) is 34.8 Å². The predicted octanol–water partition coefficient (Wildman–Crippen LogP) is 3.34. The van der Waals surface area contributed by atoms with Gasteiger partial charge < -0.3 is 16.4 Å². The number of nitrogens with zero attached hydrogens (tertiary/aromatic N) is 4. The highest BCUT2D eigenvalue weighted by Gasteiger charge is 2.16. The van der Waals surface area contributed by atoms with Crippen LogP contribution < -0.4 is 16.4 Å². The molecule has 0 bridgehead atoms. The summed E-state index contributed by atoms with van der Waals surface area (Å²) < 4.78 is 13.3. The highest BCUT2D eigenvalue weighted by molar-refractivity contribution is 6.30. The van der Waals surface area contributed by atoms with Crippen LogP contribution in [0.3, 0.4) is 0 Å². The Morgan fingerprint density at radius 2 is 1.79 bits per heavy atom. The van der Waals surface area contributed by atoms with Gasteiger partial charge in [-0.3, -0.25) is 9.59 Å². The minimum atomic E-state index is -0.550. The monoisotopic (exact) mass is 482 g/mol. The molecule has 0 spiro atoms. The van der Waals surface area contributed by atoms with Crippen LogP contribution in [0.4, 0.5) is 4.39 Å². The van der Waals surface area contributed by atoms with E-state index in [0.29, 0.717) is 11.1 Å². The molecule has 5 N–H and O–H groups in total. The van der Waals surface area contributed by atoms with E-state index in [1.54, 1.807) is 31.2 Å². The topological polar surface area (TPSA) is 159 Å². The van der Waals surface area contributed by atoms with Crippen molar-refractivity contribution >= 4 is 29.3 Å². The molecule has 10 nitrogen and oxygen atoms in total. The van der Waals surface area contributed by atoms with Crippen LogP contribution in [0.15, 0.2) is 65.2 Å². The molecule has 2 amide bonds. The van der Waals surface area contributed by atoms with Gasteiger partial charge in [-0.2, -0.15) is 5.53 Å². The number of aromatic nitrogens is 2. The van der Waals surface area contributed by atoms with Crippen molar-refractivity contribution in [2.45, 2.75) is 19.5 Å². The molecular weight excluding hydrogens is 463 g/mol. The second kappa shape index (κ2) is 11.1. The van der Waals surface area contributed by atoms with Crippen molar-refractivity contribution in [2.24, 2.45) is 16.1 Å². The van der Waals surface area contributed by atoms with Crippen LogP contribution in [-0.2, 0) is 6.54 Å². The zero-order chi connectivity index (χ0) is 24.7. The number of benzene rings is 2.